The highest BCUT2D eigenvalue weighted by molar-refractivity contribution is 5.66. The SMILES string of the molecule is CCCCCCCC1CCC(CCc2cncnc2-c2ccccc2CCCCC)CC1. The third-order valence-electron chi connectivity index (χ3n) is 7.61. The van der Waals surface area contributed by atoms with Crippen LogP contribution in [0.4, 0.5) is 0 Å². The van der Waals surface area contributed by atoms with Crippen LogP contribution in [0.2, 0.25) is 0 Å². The van der Waals surface area contributed by atoms with Crippen molar-refractivity contribution in [3.8, 4) is 11.3 Å². The summed E-state index contributed by atoms with van der Waals surface area (Å²) in [6.07, 6.45) is 25.5. The van der Waals surface area contributed by atoms with Gasteiger partial charge in [-0.2, -0.15) is 0 Å². The van der Waals surface area contributed by atoms with E-state index in [0.29, 0.717) is 0 Å². The number of aromatic nitrogens is 2. The van der Waals surface area contributed by atoms with E-state index in [0.717, 1.165) is 24.7 Å². The van der Waals surface area contributed by atoms with Crippen molar-refractivity contribution in [1.82, 2.24) is 9.97 Å². The monoisotopic (exact) mass is 434 g/mol. The largest absolute Gasteiger partial charge is 0.244 e. The molecule has 1 fully saturated rings. The van der Waals surface area contributed by atoms with E-state index in [4.69, 9.17) is 4.98 Å². The average molecular weight is 435 g/mol. The predicted molar refractivity (Wildman–Crippen MR) is 138 cm³/mol. The highest BCUT2D eigenvalue weighted by Gasteiger charge is 2.21. The lowest BCUT2D eigenvalue weighted by Gasteiger charge is -2.28. The van der Waals surface area contributed by atoms with Crippen LogP contribution < -0.4 is 0 Å². The normalized spacial score (nSPS) is 18.7. The van der Waals surface area contributed by atoms with Crippen LogP contribution in [-0.4, -0.2) is 9.97 Å². The topological polar surface area (TPSA) is 25.8 Å². The van der Waals surface area contributed by atoms with E-state index in [1.807, 2.05) is 0 Å². The average Bonchev–Trinajstić information content (AvgIpc) is 2.84. The lowest BCUT2D eigenvalue weighted by atomic mass is 9.77. The maximum absolute atomic E-state index is 4.76. The molecule has 1 saturated carbocycles. The van der Waals surface area contributed by atoms with Gasteiger partial charge in [0.2, 0.25) is 0 Å². The fourth-order valence-corrected chi connectivity index (χ4v) is 5.52. The lowest BCUT2D eigenvalue weighted by molar-refractivity contribution is 0.248. The maximum atomic E-state index is 4.76. The first kappa shape index (κ1) is 24.9. The summed E-state index contributed by atoms with van der Waals surface area (Å²) in [5, 5.41) is 0. The molecule has 1 aliphatic carbocycles. The molecular formula is C30H46N2. The molecule has 1 aliphatic rings. The summed E-state index contributed by atoms with van der Waals surface area (Å²) in [7, 11) is 0. The Morgan fingerprint density at radius 3 is 2.19 bits per heavy atom. The van der Waals surface area contributed by atoms with Crippen molar-refractivity contribution in [2.24, 2.45) is 11.8 Å². The standard InChI is InChI=1S/C30H46N2/c1-3-5-7-8-10-13-25-17-19-26(20-18-25)21-22-28-23-31-24-32-30(28)29-16-12-11-15-27(29)14-9-6-4-2/h11-12,15-16,23-26H,3-10,13-14,17-22H2,1-2H3. The Labute approximate surface area is 197 Å². The molecule has 176 valence electrons. The molecule has 1 heterocycles. The van der Waals surface area contributed by atoms with Crippen molar-refractivity contribution < 1.29 is 0 Å². The summed E-state index contributed by atoms with van der Waals surface area (Å²) < 4.78 is 0. The second kappa shape index (κ2) is 14.4. The quantitative estimate of drug-likeness (QED) is 0.277. The van der Waals surface area contributed by atoms with Crippen molar-refractivity contribution in [2.45, 2.75) is 117 Å². The van der Waals surface area contributed by atoms with Gasteiger partial charge in [-0.25, -0.2) is 9.97 Å². The molecule has 32 heavy (non-hydrogen) atoms. The van der Waals surface area contributed by atoms with Gasteiger partial charge in [-0.1, -0.05) is 115 Å². The van der Waals surface area contributed by atoms with Gasteiger partial charge in [0.1, 0.15) is 6.33 Å². The van der Waals surface area contributed by atoms with Crippen molar-refractivity contribution in [2.75, 3.05) is 0 Å². The van der Waals surface area contributed by atoms with Gasteiger partial charge < -0.3 is 0 Å². The minimum absolute atomic E-state index is 0.888. The molecule has 2 nitrogen and oxygen atoms in total. The molecule has 0 bridgehead atoms. The van der Waals surface area contributed by atoms with E-state index in [1.54, 1.807) is 6.33 Å². The third kappa shape index (κ3) is 8.01. The Hall–Kier alpha value is -1.70. The fourth-order valence-electron chi connectivity index (χ4n) is 5.52. The smallest absolute Gasteiger partial charge is 0.116 e. The summed E-state index contributed by atoms with van der Waals surface area (Å²) in [6, 6.07) is 8.89. The van der Waals surface area contributed by atoms with Crippen LogP contribution in [0.15, 0.2) is 36.8 Å². The molecule has 0 spiro atoms. The molecule has 2 aromatic rings. The Bertz CT molecular complexity index is 761. The number of rotatable bonds is 14. The zero-order valence-electron chi connectivity index (χ0n) is 20.8. The van der Waals surface area contributed by atoms with Gasteiger partial charge in [-0.15, -0.1) is 0 Å². The molecule has 0 amide bonds. The summed E-state index contributed by atoms with van der Waals surface area (Å²) >= 11 is 0. The number of hydrogen-bond donors (Lipinski definition) is 0. The zero-order chi connectivity index (χ0) is 22.4. The first-order chi connectivity index (χ1) is 15.8. The van der Waals surface area contributed by atoms with Crippen LogP contribution in [-0.2, 0) is 12.8 Å². The number of unbranched alkanes of at least 4 members (excludes halogenated alkanes) is 6. The van der Waals surface area contributed by atoms with Gasteiger partial charge in [0.05, 0.1) is 5.69 Å². The summed E-state index contributed by atoms with van der Waals surface area (Å²) in [5.41, 5.74) is 5.29. The first-order valence-electron chi connectivity index (χ1n) is 13.7. The van der Waals surface area contributed by atoms with Gasteiger partial charge in [0.15, 0.2) is 0 Å². The molecular weight excluding hydrogens is 388 g/mol. The summed E-state index contributed by atoms with van der Waals surface area (Å²) in [4.78, 5) is 9.15. The molecule has 0 saturated heterocycles. The molecule has 3 rings (SSSR count). The molecule has 0 radical (unpaired) electrons. The third-order valence-corrected chi connectivity index (χ3v) is 7.61. The fraction of sp³-hybridized carbons (Fsp3) is 0.667. The molecule has 2 heteroatoms. The van der Waals surface area contributed by atoms with E-state index in [2.05, 4.69) is 49.3 Å². The van der Waals surface area contributed by atoms with Gasteiger partial charge in [0.25, 0.3) is 0 Å². The van der Waals surface area contributed by atoms with Crippen LogP contribution in [0.1, 0.15) is 115 Å². The maximum Gasteiger partial charge on any atom is 0.116 e. The number of nitrogens with zero attached hydrogens (tertiary/aromatic N) is 2. The Balaban J connectivity index is 1.51. The second-order valence-corrected chi connectivity index (χ2v) is 10.1. The van der Waals surface area contributed by atoms with E-state index in [1.165, 1.54) is 112 Å². The second-order valence-electron chi connectivity index (χ2n) is 10.1. The highest BCUT2D eigenvalue weighted by Crippen LogP contribution is 2.35. The number of benzene rings is 1. The summed E-state index contributed by atoms with van der Waals surface area (Å²) in [5.74, 6) is 1.89. The minimum Gasteiger partial charge on any atom is -0.244 e. The van der Waals surface area contributed by atoms with E-state index < -0.39 is 0 Å². The van der Waals surface area contributed by atoms with E-state index in [-0.39, 0.29) is 0 Å². The molecule has 0 unspecified atom stereocenters. The van der Waals surface area contributed by atoms with Crippen molar-refractivity contribution >= 4 is 0 Å². The van der Waals surface area contributed by atoms with Gasteiger partial charge in [-0.3, -0.25) is 0 Å². The van der Waals surface area contributed by atoms with Crippen LogP contribution in [0.5, 0.6) is 0 Å². The molecule has 0 aliphatic heterocycles. The molecule has 1 aromatic carbocycles. The minimum atomic E-state index is 0.888. The van der Waals surface area contributed by atoms with E-state index in [9.17, 15) is 0 Å². The van der Waals surface area contributed by atoms with Crippen LogP contribution in [0.3, 0.4) is 0 Å². The van der Waals surface area contributed by atoms with Gasteiger partial charge >= 0.3 is 0 Å². The van der Waals surface area contributed by atoms with Gasteiger partial charge in [0, 0.05) is 11.8 Å². The Morgan fingerprint density at radius 2 is 1.41 bits per heavy atom. The van der Waals surface area contributed by atoms with Crippen LogP contribution >= 0.6 is 0 Å². The highest BCUT2D eigenvalue weighted by atomic mass is 14.8. The van der Waals surface area contributed by atoms with Crippen molar-refractivity contribution in [3.05, 3.63) is 47.9 Å². The Morgan fingerprint density at radius 1 is 0.719 bits per heavy atom. The Kier molecular flexibility index (Phi) is 11.3. The molecule has 0 N–H and O–H groups in total. The van der Waals surface area contributed by atoms with Crippen LogP contribution in [0, 0.1) is 11.8 Å². The molecule has 1 aromatic heterocycles. The van der Waals surface area contributed by atoms with Crippen molar-refractivity contribution in [3.63, 3.8) is 0 Å². The van der Waals surface area contributed by atoms with Crippen LogP contribution in [0.25, 0.3) is 11.3 Å². The van der Waals surface area contributed by atoms with Crippen molar-refractivity contribution in [1.29, 1.82) is 0 Å². The first-order valence-corrected chi connectivity index (χ1v) is 13.7. The number of hydrogen-bond acceptors (Lipinski definition) is 2. The lowest BCUT2D eigenvalue weighted by Crippen LogP contribution is -2.15. The molecule has 0 atom stereocenters. The predicted octanol–water partition coefficient (Wildman–Crippen LogP) is 8.98. The number of aryl methyl sites for hydroxylation is 2. The zero-order valence-corrected chi connectivity index (χ0v) is 20.8. The summed E-state index contributed by atoms with van der Waals surface area (Å²) in [6.45, 7) is 4.58. The van der Waals surface area contributed by atoms with E-state index >= 15 is 0 Å². The van der Waals surface area contributed by atoms with Gasteiger partial charge in [-0.05, 0) is 48.6 Å².